The van der Waals surface area contributed by atoms with Crippen molar-refractivity contribution in [2.24, 2.45) is 0 Å². The number of aromatic amines is 1. The third-order valence-corrected chi connectivity index (χ3v) is 5.30. The van der Waals surface area contributed by atoms with Crippen LogP contribution < -0.4 is 15.0 Å². The molecule has 40 heavy (non-hydrogen) atoms. The third-order valence-electron chi connectivity index (χ3n) is 5.30. The number of aryl methyl sites for hydroxylation is 1. The molecular weight excluding hydrogens is 524 g/mol. The van der Waals surface area contributed by atoms with Crippen LogP contribution in [-0.2, 0) is 9.59 Å². The number of hydrogen-bond acceptors (Lipinski definition) is 10. The molecule has 3 N–H and O–H groups in total. The second-order valence-electron chi connectivity index (χ2n) is 9.05. The van der Waals surface area contributed by atoms with Gasteiger partial charge in [-0.3, -0.25) is 18.9 Å². The van der Waals surface area contributed by atoms with Crippen molar-refractivity contribution in [1.29, 1.82) is 0 Å². The van der Waals surface area contributed by atoms with Gasteiger partial charge in [-0.1, -0.05) is 27.7 Å². The fourth-order valence-corrected chi connectivity index (χ4v) is 3.65. The molecule has 0 atom stereocenters. The van der Waals surface area contributed by atoms with E-state index in [0.29, 0.717) is 17.4 Å². The first-order valence-corrected chi connectivity index (χ1v) is 12.2. The molecule has 212 valence electrons. The molecule has 15 heteroatoms. The van der Waals surface area contributed by atoms with Crippen molar-refractivity contribution in [3.05, 3.63) is 64.6 Å². The predicted molar refractivity (Wildman–Crippen MR) is 140 cm³/mol. The number of carboxylic acids is 2. The molecule has 0 aliphatic heterocycles. The Labute approximate surface area is 228 Å². The molecule has 0 bridgehead atoms. The minimum Gasteiger partial charge on any atom is -0.479 e. The van der Waals surface area contributed by atoms with Crippen molar-refractivity contribution in [1.82, 2.24) is 39.0 Å². The number of rotatable bonds is 10. The van der Waals surface area contributed by atoms with E-state index in [9.17, 15) is 14.4 Å². The lowest BCUT2D eigenvalue weighted by Crippen LogP contribution is -2.22. The molecular formula is C25H30N8O7. The quantitative estimate of drug-likeness (QED) is 0.258. The van der Waals surface area contributed by atoms with Gasteiger partial charge in [-0.2, -0.15) is 9.97 Å². The summed E-state index contributed by atoms with van der Waals surface area (Å²) in [5, 5.41) is 17.4. The van der Waals surface area contributed by atoms with E-state index in [4.69, 9.17) is 19.7 Å². The Balaban J connectivity index is 0.000000220. The normalized spacial score (nSPS) is 10.8. The number of ether oxygens (including phenoxy) is 2. The number of H-pyrrole nitrogens is 1. The van der Waals surface area contributed by atoms with Crippen LogP contribution in [0.1, 0.15) is 56.4 Å². The summed E-state index contributed by atoms with van der Waals surface area (Å²) in [6.45, 7) is 8.43. The average molecular weight is 555 g/mol. The van der Waals surface area contributed by atoms with Crippen molar-refractivity contribution < 1.29 is 29.3 Å². The number of imidazole rings is 2. The minimum atomic E-state index is -1.13. The van der Waals surface area contributed by atoms with Gasteiger partial charge in [-0.25, -0.2) is 24.5 Å². The lowest BCUT2D eigenvalue weighted by atomic mass is 10.0. The van der Waals surface area contributed by atoms with E-state index in [0.717, 1.165) is 11.3 Å². The second kappa shape index (κ2) is 13.1. The topological polar surface area (TPSA) is 200 Å². The Bertz CT molecular complexity index is 1500. The smallest absolute Gasteiger partial charge is 0.341 e. The first-order valence-electron chi connectivity index (χ1n) is 12.2. The molecule has 0 saturated heterocycles. The van der Waals surface area contributed by atoms with Gasteiger partial charge in [-0.15, -0.1) is 0 Å². The lowest BCUT2D eigenvalue weighted by Gasteiger charge is -2.15. The zero-order chi connectivity index (χ0) is 29.4. The van der Waals surface area contributed by atoms with Crippen LogP contribution in [-0.4, -0.2) is 74.4 Å². The molecule has 0 aromatic carbocycles. The van der Waals surface area contributed by atoms with E-state index in [-0.39, 0.29) is 29.2 Å². The minimum absolute atomic E-state index is 0.0230. The maximum absolute atomic E-state index is 12.1. The predicted octanol–water partition coefficient (Wildman–Crippen LogP) is 2.10. The first kappa shape index (κ1) is 29.5. The van der Waals surface area contributed by atoms with Gasteiger partial charge in [0, 0.05) is 30.4 Å². The van der Waals surface area contributed by atoms with Gasteiger partial charge in [0.1, 0.15) is 12.7 Å². The number of aromatic nitrogens is 8. The summed E-state index contributed by atoms with van der Waals surface area (Å²) in [5.41, 5.74) is 1.53. The molecule has 0 aliphatic carbocycles. The van der Waals surface area contributed by atoms with Crippen molar-refractivity contribution >= 4 is 11.9 Å². The average Bonchev–Trinajstić information content (AvgIpc) is 3.60. The van der Waals surface area contributed by atoms with Gasteiger partial charge in [-0.05, 0) is 18.8 Å². The summed E-state index contributed by atoms with van der Waals surface area (Å²) >= 11 is 0. The van der Waals surface area contributed by atoms with Crippen molar-refractivity contribution in [3.63, 3.8) is 0 Å². The number of nitrogens with one attached hydrogen (secondary N) is 1. The summed E-state index contributed by atoms with van der Waals surface area (Å²) in [6, 6.07) is 0. The number of hydrogen-bond donors (Lipinski definition) is 3. The highest BCUT2D eigenvalue weighted by Gasteiger charge is 2.19. The van der Waals surface area contributed by atoms with Crippen LogP contribution in [0.2, 0.25) is 0 Å². The van der Waals surface area contributed by atoms with Gasteiger partial charge in [0.2, 0.25) is 23.7 Å². The Morgan fingerprint density at radius 3 is 1.85 bits per heavy atom. The highest BCUT2D eigenvalue weighted by Crippen LogP contribution is 2.28. The van der Waals surface area contributed by atoms with Gasteiger partial charge in [0.05, 0.1) is 11.3 Å². The third kappa shape index (κ3) is 7.49. The highest BCUT2D eigenvalue weighted by molar-refractivity contribution is 5.68. The molecule has 4 aromatic rings. The van der Waals surface area contributed by atoms with E-state index >= 15 is 0 Å². The largest absolute Gasteiger partial charge is 0.479 e. The number of nitrogens with zero attached hydrogens (tertiary/aromatic N) is 7. The van der Waals surface area contributed by atoms with E-state index in [1.165, 1.54) is 17.1 Å². The number of carbonyl (C=O) groups is 2. The van der Waals surface area contributed by atoms with Crippen LogP contribution in [0.5, 0.6) is 11.8 Å². The molecule has 0 fully saturated rings. The lowest BCUT2D eigenvalue weighted by molar-refractivity contribution is -0.140. The van der Waals surface area contributed by atoms with Crippen LogP contribution in [0.15, 0.2) is 42.2 Å². The maximum Gasteiger partial charge on any atom is 0.341 e. The van der Waals surface area contributed by atoms with Gasteiger partial charge < -0.3 is 19.7 Å². The molecule has 4 aromatic heterocycles. The monoisotopic (exact) mass is 554 g/mol. The fourth-order valence-electron chi connectivity index (χ4n) is 3.65. The Morgan fingerprint density at radius 1 is 0.850 bits per heavy atom. The highest BCUT2D eigenvalue weighted by atomic mass is 16.5. The van der Waals surface area contributed by atoms with Crippen LogP contribution >= 0.6 is 0 Å². The second-order valence-corrected chi connectivity index (χ2v) is 9.05. The number of aliphatic carboxylic acids is 2. The fraction of sp³-hybridized carbons (Fsp3) is 0.360. The summed E-state index contributed by atoms with van der Waals surface area (Å²) < 4.78 is 13.6. The Kier molecular flexibility index (Phi) is 9.67. The summed E-state index contributed by atoms with van der Waals surface area (Å²) in [4.78, 5) is 56.6. The summed E-state index contributed by atoms with van der Waals surface area (Å²) in [5.74, 6) is -1.23. The summed E-state index contributed by atoms with van der Waals surface area (Å²) in [7, 11) is 0. The molecule has 4 heterocycles. The van der Waals surface area contributed by atoms with E-state index in [1.807, 2.05) is 20.8 Å². The van der Waals surface area contributed by atoms with Crippen LogP contribution in [0, 0.1) is 6.92 Å². The summed E-state index contributed by atoms with van der Waals surface area (Å²) in [6.07, 6.45) is 9.51. The number of carboxylic acid groups (broad SMARTS) is 2. The Hall–Kier alpha value is -5.08. The van der Waals surface area contributed by atoms with Crippen molar-refractivity contribution in [2.75, 3.05) is 13.2 Å². The van der Waals surface area contributed by atoms with Crippen molar-refractivity contribution in [2.45, 2.75) is 46.5 Å². The SMILES string of the molecule is CC(C)c1c(OCC(=O)O)nc(-n2ccnc2)[nH]c1=O.Cc1nc(-n2ccnc2)nc(OCC(=O)O)c1C(C)C. The maximum atomic E-state index is 12.1. The van der Waals surface area contributed by atoms with Gasteiger partial charge in [0.15, 0.2) is 13.2 Å². The van der Waals surface area contributed by atoms with Gasteiger partial charge in [0.25, 0.3) is 5.56 Å². The molecule has 0 amide bonds. The van der Waals surface area contributed by atoms with Gasteiger partial charge >= 0.3 is 11.9 Å². The zero-order valence-corrected chi connectivity index (χ0v) is 22.6. The molecule has 0 radical (unpaired) electrons. The van der Waals surface area contributed by atoms with E-state index < -0.39 is 25.2 Å². The molecule has 4 rings (SSSR count). The first-order chi connectivity index (χ1) is 19.0. The molecule has 0 spiro atoms. The van der Waals surface area contributed by atoms with Crippen LogP contribution in [0.4, 0.5) is 0 Å². The van der Waals surface area contributed by atoms with E-state index in [2.05, 4.69) is 29.9 Å². The standard InChI is InChI=1S/C13H16N4O3.C12H14N4O4/c1-8(2)11-9(3)15-13(17-5-4-14-7-17)16-12(11)20-6-10(18)19;1-7(2)9-10(19)14-12(16-4-3-13-6-16)15-11(9)20-5-8(17)18/h4-5,7-8H,6H2,1-3H3,(H,18,19);3-4,6-7H,5H2,1-2H3,(H,17,18)(H,14,15,19). The molecule has 0 aliphatic rings. The molecule has 0 saturated carbocycles. The van der Waals surface area contributed by atoms with Crippen LogP contribution in [0.25, 0.3) is 11.9 Å². The van der Waals surface area contributed by atoms with E-state index in [1.54, 1.807) is 43.3 Å². The zero-order valence-electron chi connectivity index (χ0n) is 22.6. The Morgan fingerprint density at radius 2 is 1.38 bits per heavy atom. The van der Waals surface area contributed by atoms with Crippen molar-refractivity contribution in [3.8, 4) is 23.7 Å². The van der Waals surface area contributed by atoms with Crippen LogP contribution in [0.3, 0.4) is 0 Å². The molecule has 15 nitrogen and oxygen atoms in total. The molecule has 0 unspecified atom stereocenters.